The van der Waals surface area contributed by atoms with Gasteiger partial charge < -0.3 is 14.5 Å². The molecule has 122 valence electrons. The molecular formula is C17H19FN2O3. The number of aromatic nitrogens is 1. The summed E-state index contributed by atoms with van der Waals surface area (Å²) in [6, 6.07) is 5.87. The number of amides is 1. The predicted molar refractivity (Wildman–Crippen MR) is 81.2 cm³/mol. The number of nitrogens with zero attached hydrogens (tertiary/aromatic N) is 2. The molecule has 2 heterocycles. The number of carbonyl (C=O) groups is 1. The third kappa shape index (κ3) is 3.12. The largest absolute Gasteiger partial charge is 0.391 e. The fourth-order valence-electron chi connectivity index (χ4n) is 3.13. The molecule has 0 spiro atoms. The van der Waals surface area contributed by atoms with Crippen molar-refractivity contribution in [1.29, 1.82) is 0 Å². The number of aliphatic hydroxyl groups excluding tert-OH is 1. The van der Waals surface area contributed by atoms with E-state index < -0.39 is 6.10 Å². The molecule has 0 aliphatic carbocycles. The Hall–Kier alpha value is -2.21. The number of halogens is 1. The van der Waals surface area contributed by atoms with Crippen LogP contribution in [-0.4, -0.2) is 33.7 Å². The number of hydrogen-bond acceptors (Lipinski definition) is 4. The van der Waals surface area contributed by atoms with Crippen LogP contribution in [0.15, 0.2) is 28.8 Å². The lowest BCUT2D eigenvalue weighted by Crippen LogP contribution is -2.33. The first-order chi connectivity index (χ1) is 11.0. The van der Waals surface area contributed by atoms with Gasteiger partial charge in [-0.15, -0.1) is 0 Å². The van der Waals surface area contributed by atoms with Crippen LogP contribution in [0, 0.1) is 19.7 Å². The highest BCUT2D eigenvalue weighted by molar-refractivity contribution is 5.80. The zero-order valence-electron chi connectivity index (χ0n) is 13.1. The Kier molecular flexibility index (Phi) is 4.17. The summed E-state index contributed by atoms with van der Waals surface area (Å²) in [5, 5.41) is 13.8. The van der Waals surface area contributed by atoms with Crippen LogP contribution in [0.1, 0.15) is 35.0 Å². The van der Waals surface area contributed by atoms with Crippen molar-refractivity contribution in [1.82, 2.24) is 10.1 Å². The third-order valence-electron chi connectivity index (χ3n) is 4.34. The van der Waals surface area contributed by atoms with Gasteiger partial charge in [-0.05, 0) is 38.0 Å². The van der Waals surface area contributed by atoms with Crippen LogP contribution in [0.3, 0.4) is 0 Å². The van der Waals surface area contributed by atoms with Crippen LogP contribution >= 0.6 is 0 Å². The minimum Gasteiger partial charge on any atom is -0.391 e. The average molecular weight is 318 g/mol. The molecule has 1 aliphatic rings. The van der Waals surface area contributed by atoms with Crippen LogP contribution < -0.4 is 0 Å². The number of carbonyl (C=O) groups excluding carboxylic acids is 1. The Bertz CT molecular complexity index is 709. The van der Waals surface area contributed by atoms with Crippen LogP contribution in [-0.2, 0) is 11.2 Å². The van der Waals surface area contributed by atoms with Gasteiger partial charge in [0.1, 0.15) is 11.6 Å². The van der Waals surface area contributed by atoms with E-state index in [2.05, 4.69) is 5.16 Å². The van der Waals surface area contributed by atoms with E-state index in [1.807, 2.05) is 0 Å². The fourth-order valence-corrected chi connectivity index (χ4v) is 3.13. The number of likely N-dealkylation sites (tertiary alicyclic amines) is 1. The smallest absolute Gasteiger partial charge is 0.227 e. The molecule has 1 saturated heterocycles. The van der Waals surface area contributed by atoms with E-state index in [0.29, 0.717) is 23.4 Å². The van der Waals surface area contributed by atoms with Gasteiger partial charge in [0, 0.05) is 12.1 Å². The van der Waals surface area contributed by atoms with Gasteiger partial charge in [0.05, 0.1) is 24.3 Å². The monoisotopic (exact) mass is 318 g/mol. The van der Waals surface area contributed by atoms with E-state index >= 15 is 0 Å². The molecule has 3 rings (SSSR count). The van der Waals surface area contributed by atoms with Gasteiger partial charge in [-0.1, -0.05) is 17.3 Å². The van der Waals surface area contributed by atoms with Crippen molar-refractivity contribution in [3.05, 3.63) is 52.7 Å². The Morgan fingerprint density at radius 1 is 1.48 bits per heavy atom. The highest BCUT2D eigenvalue weighted by Crippen LogP contribution is 2.33. The highest BCUT2D eigenvalue weighted by atomic mass is 19.1. The summed E-state index contributed by atoms with van der Waals surface area (Å²) in [5.41, 5.74) is 2.17. The minimum absolute atomic E-state index is 0.120. The van der Waals surface area contributed by atoms with Gasteiger partial charge in [0.2, 0.25) is 5.91 Å². The average Bonchev–Trinajstić information content (AvgIpc) is 3.05. The molecule has 5 nitrogen and oxygen atoms in total. The maximum Gasteiger partial charge on any atom is 0.227 e. The summed E-state index contributed by atoms with van der Waals surface area (Å²) < 4.78 is 18.6. The lowest BCUT2D eigenvalue weighted by atomic mass is 10.0. The highest BCUT2D eigenvalue weighted by Gasteiger charge is 2.35. The quantitative estimate of drug-likeness (QED) is 0.943. The van der Waals surface area contributed by atoms with E-state index in [4.69, 9.17) is 4.52 Å². The summed E-state index contributed by atoms with van der Waals surface area (Å²) in [7, 11) is 0. The first kappa shape index (κ1) is 15.7. The molecule has 1 amide bonds. The number of aliphatic hydroxyl groups is 1. The molecule has 2 aromatic rings. The van der Waals surface area contributed by atoms with Gasteiger partial charge in [-0.25, -0.2) is 4.39 Å². The van der Waals surface area contributed by atoms with Crippen LogP contribution in [0.2, 0.25) is 0 Å². The number of β-amino-alcohol motifs (C(OH)–C–C–N with tert-alkyl or cyclic N) is 1. The molecule has 0 bridgehead atoms. The maximum atomic E-state index is 13.5. The third-order valence-corrected chi connectivity index (χ3v) is 4.34. The number of benzene rings is 1. The molecule has 1 aromatic carbocycles. The predicted octanol–water partition coefficient (Wildman–Crippen LogP) is 2.31. The van der Waals surface area contributed by atoms with Crippen LogP contribution in [0.25, 0.3) is 0 Å². The van der Waals surface area contributed by atoms with E-state index in [1.54, 1.807) is 30.9 Å². The first-order valence-corrected chi connectivity index (χ1v) is 7.60. The van der Waals surface area contributed by atoms with Gasteiger partial charge in [-0.2, -0.15) is 0 Å². The molecule has 6 heteroatoms. The second-order valence-corrected chi connectivity index (χ2v) is 5.99. The van der Waals surface area contributed by atoms with Crippen molar-refractivity contribution < 1.29 is 18.8 Å². The Morgan fingerprint density at radius 2 is 2.26 bits per heavy atom. The summed E-state index contributed by atoms with van der Waals surface area (Å²) >= 11 is 0. The van der Waals surface area contributed by atoms with Crippen molar-refractivity contribution in [3.8, 4) is 0 Å². The molecule has 0 saturated carbocycles. The normalized spacial score (nSPS) is 21.0. The van der Waals surface area contributed by atoms with E-state index in [9.17, 15) is 14.3 Å². The van der Waals surface area contributed by atoms with Crippen molar-refractivity contribution >= 4 is 5.91 Å². The molecule has 2 atom stereocenters. The standard InChI is InChI=1S/C17H19FN2O3/c1-10-15(11(2)23-19-10)8-17(22)20-9-14(21)7-16(20)12-4-3-5-13(18)6-12/h3-6,14,16,21H,7-9H2,1-2H3/t14-,16-/m1/s1. The summed E-state index contributed by atoms with van der Waals surface area (Å²) in [6.45, 7) is 3.82. The zero-order chi connectivity index (χ0) is 16.6. The van der Waals surface area contributed by atoms with Gasteiger partial charge in [0.25, 0.3) is 0 Å². The van der Waals surface area contributed by atoms with Crippen molar-refractivity contribution in [2.75, 3.05) is 6.54 Å². The number of rotatable bonds is 3. The minimum atomic E-state index is -0.600. The van der Waals surface area contributed by atoms with Gasteiger partial charge >= 0.3 is 0 Å². The van der Waals surface area contributed by atoms with Gasteiger partial charge in [0.15, 0.2) is 0 Å². The van der Waals surface area contributed by atoms with Crippen molar-refractivity contribution in [3.63, 3.8) is 0 Å². The van der Waals surface area contributed by atoms with Crippen molar-refractivity contribution in [2.45, 2.75) is 38.8 Å². The van der Waals surface area contributed by atoms with Crippen LogP contribution in [0.5, 0.6) is 0 Å². The molecule has 1 aliphatic heterocycles. The van der Waals surface area contributed by atoms with Crippen molar-refractivity contribution in [2.24, 2.45) is 0 Å². The first-order valence-electron chi connectivity index (χ1n) is 7.60. The molecule has 0 unspecified atom stereocenters. The van der Waals surface area contributed by atoms with E-state index in [0.717, 1.165) is 5.56 Å². The number of aryl methyl sites for hydroxylation is 2. The van der Waals surface area contributed by atoms with Gasteiger partial charge in [-0.3, -0.25) is 4.79 Å². The lowest BCUT2D eigenvalue weighted by molar-refractivity contribution is -0.131. The SMILES string of the molecule is Cc1noc(C)c1CC(=O)N1C[C@H](O)C[C@@H]1c1cccc(F)c1. The maximum absolute atomic E-state index is 13.5. The molecule has 1 fully saturated rings. The topological polar surface area (TPSA) is 66.6 Å². The lowest BCUT2D eigenvalue weighted by Gasteiger charge is -2.25. The molecular weight excluding hydrogens is 299 g/mol. The van der Waals surface area contributed by atoms with E-state index in [1.165, 1.54) is 12.1 Å². The molecule has 1 N–H and O–H groups in total. The Labute approximate surface area is 133 Å². The summed E-state index contributed by atoms with van der Waals surface area (Å²) in [5.74, 6) is 0.158. The zero-order valence-corrected chi connectivity index (χ0v) is 13.1. The number of hydrogen-bond donors (Lipinski definition) is 1. The Balaban J connectivity index is 1.83. The second-order valence-electron chi connectivity index (χ2n) is 5.99. The fraction of sp³-hybridized carbons (Fsp3) is 0.412. The second kappa shape index (κ2) is 6.12. The Morgan fingerprint density at radius 3 is 2.91 bits per heavy atom. The summed E-state index contributed by atoms with van der Waals surface area (Å²) in [4.78, 5) is 14.3. The summed E-state index contributed by atoms with van der Waals surface area (Å²) in [6.07, 6.45) is -0.0202. The molecule has 0 radical (unpaired) electrons. The molecule has 1 aromatic heterocycles. The van der Waals surface area contributed by atoms with Crippen LogP contribution in [0.4, 0.5) is 4.39 Å². The molecule has 23 heavy (non-hydrogen) atoms. The van der Waals surface area contributed by atoms with E-state index in [-0.39, 0.29) is 30.7 Å².